The lowest BCUT2D eigenvalue weighted by molar-refractivity contribution is 0.308. The zero-order chi connectivity index (χ0) is 24.8. The van der Waals surface area contributed by atoms with Crippen LogP contribution >= 0.6 is 23.5 Å². The van der Waals surface area contributed by atoms with Crippen LogP contribution in [0.3, 0.4) is 0 Å². The Morgan fingerprint density at radius 3 is 2.69 bits per heavy atom. The largest absolute Gasteiger partial charge is 0.368 e. The molecule has 2 saturated heterocycles. The summed E-state index contributed by atoms with van der Waals surface area (Å²) < 4.78 is 4.22. The molecule has 0 saturated carbocycles. The van der Waals surface area contributed by atoms with E-state index in [0.717, 1.165) is 18.9 Å². The average molecular weight is 521 g/mol. The van der Waals surface area contributed by atoms with E-state index in [1.54, 1.807) is 10.9 Å². The van der Waals surface area contributed by atoms with Gasteiger partial charge in [0.15, 0.2) is 11.0 Å². The summed E-state index contributed by atoms with van der Waals surface area (Å²) in [6.45, 7) is 7.83. The van der Waals surface area contributed by atoms with Gasteiger partial charge < -0.3 is 10.2 Å². The van der Waals surface area contributed by atoms with Gasteiger partial charge in [-0.2, -0.15) is 5.10 Å². The van der Waals surface area contributed by atoms with E-state index in [2.05, 4.69) is 61.6 Å². The summed E-state index contributed by atoms with van der Waals surface area (Å²) in [6, 6.07) is 9.16. The lowest BCUT2D eigenvalue weighted by Crippen LogP contribution is -2.57. The molecule has 4 aromatic rings. The Bertz CT molecular complexity index is 1410. The normalized spacial score (nSPS) is 16.8. The van der Waals surface area contributed by atoms with Crippen LogP contribution in [0.25, 0.3) is 22.2 Å². The van der Waals surface area contributed by atoms with Crippen LogP contribution in [0.15, 0.2) is 42.9 Å². The van der Waals surface area contributed by atoms with Crippen molar-refractivity contribution in [1.29, 1.82) is 0 Å². The van der Waals surface area contributed by atoms with Crippen LogP contribution in [0.4, 0.5) is 17.3 Å². The first-order valence-electron chi connectivity index (χ1n) is 12.3. The highest BCUT2D eigenvalue weighted by atomic mass is 35.5. The first-order valence-corrected chi connectivity index (χ1v) is 13.6. The molecule has 0 atom stereocenters. The molecule has 0 spiro atoms. The monoisotopic (exact) mass is 520 g/mol. The zero-order valence-electron chi connectivity index (χ0n) is 20.6. The summed E-state index contributed by atoms with van der Waals surface area (Å²) in [5.74, 6) is 3.58. The Kier molecular flexibility index (Phi) is 6.23. The number of nitrogens with one attached hydrogen (secondary N) is 1. The zero-order valence-corrected chi connectivity index (χ0v) is 22.2. The third kappa shape index (κ3) is 4.40. The molecule has 0 unspecified atom stereocenters. The molecular formula is C26H29ClN8S. The van der Waals surface area contributed by atoms with Crippen molar-refractivity contribution in [3.63, 3.8) is 0 Å². The van der Waals surface area contributed by atoms with Gasteiger partial charge >= 0.3 is 0 Å². The molecule has 2 fully saturated rings. The number of fused-ring (bicyclic) bond motifs is 1. The van der Waals surface area contributed by atoms with E-state index >= 15 is 0 Å². The van der Waals surface area contributed by atoms with Gasteiger partial charge in [-0.3, -0.25) is 4.68 Å². The number of hydrogen-bond acceptors (Lipinski definition) is 8. The van der Waals surface area contributed by atoms with Crippen LogP contribution < -0.4 is 10.2 Å². The summed E-state index contributed by atoms with van der Waals surface area (Å²) in [5.41, 5.74) is 3.28. The fourth-order valence-corrected chi connectivity index (χ4v) is 6.33. The van der Waals surface area contributed by atoms with E-state index in [1.165, 1.54) is 40.7 Å². The number of halogens is 1. The molecule has 0 aliphatic carbocycles. The smallest absolute Gasteiger partial charge is 0.166 e. The van der Waals surface area contributed by atoms with E-state index in [1.807, 2.05) is 37.5 Å². The minimum absolute atomic E-state index is 0.379. The molecule has 0 radical (unpaired) electrons. The molecule has 5 heterocycles. The van der Waals surface area contributed by atoms with E-state index in [-0.39, 0.29) is 0 Å². The number of rotatable bonds is 6. The minimum Gasteiger partial charge on any atom is -0.368 e. The minimum atomic E-state index is 0.379. The Balaban J connectivity index is 1.29. The third-order valence-corrected chi connectivity index (χ3v) is 8.42. The van der Waals surface area contributed by atoms with Crippen LogP contribution in [-0.2, 0) is 7.05 Å². The van der Waals surface area contributed by atoms with Crippen molar-refractivity contribution < 1.29 is 0 Å². The number of nitrogens with zero attached hydrogens (tertiary/aromatic N) is 7. The van der Waals surface area contributed by atoms with E-state index in [9.17, 15) is 0 Å². The lowest BCUT2D eigenvalue weighted by Gasteiger charge is -2.45. The topological polar surface area (TPSA) is 75.0 Å². The predicted octanol–water partition coefficient (Wildman–Crippen LogP) is 5.49. The van der Waals surface area contributed by atoms with Crippen molar-refractivity contribution in [3.05, 3.63) is 53.6 Å². The molecular weight excluding hydrogens is 492 g/mol. The summed E-state index contributed by atoms with van der Waals surface area (Å²) in [7, 11) is 1.82. The molecule has 0 amide bonds. The maximum atomic E-state index is 6.25. The summed E-state index contributed by atoms with van der Waals surface area (Å²) >= 11 is 8.26. The molecule has 186 valence electrons. The standard InChI is InChI=1S/C26H29ClN8S/c1-16(2)18-5-6-22(34-13-17(14-34)35-9-4-10-36-35)20-12-29-24(11-19(18)20)30-23-7-8-28-26(31-23)21-15-33(3)32-25(21)27/h5-8,11-12,15-17H,4,9-10,13-14H2,1-3H3,(H,28,29,30,31). The maximum Gasteiger partial charge on any atom is 0.166 e. The van der Waals surface area contributed by atoms with Crippen LogP contribution in [0.2, 0.25) is 5.15 Å². The fraction of sp³-hybridized carbons (Fsp3) is 0.385. The molecule has 3 aromatic heterocycles. The van der Waals surface area contributed by atoms with Crippen LogP contribution in [0.1, 0.15) is 31.7 Å². The van der Waals surface area contributed by atoms with Gasteiger partial charge in [0.05, 0.1) is 11.6 Å². The van der Waals surface area contributed by atoms with Gasteiger partial charge in [0.25, 0.3) is 0 Å². The maximum absolute atomic E-state index is 6.25. The molecule has 10 heteroatoms. The van der Waals surface area contributed by atoms with E-state index < -0.39 is 0 Å². The first-order chi connectivity index (χ1) is 17.5. The van der Waals surface area contributed by atoms with Crippen molar-refractivity contribution in [3.8, 4) is 11.4 Å². The number of hydrogen-bond donors (Lipinski definition) is 1. The van der Waals surface area contributed by atoms with Gasteiger partial charge in [0.2, 0.25) is 0 Å². The second kappa shape index (κ2) is 9.53. The highest BCUT2D eigenvalue weighted by Gasteiger charge is 2.34. The van der Waals surface area contributed by atoms with Crippen molar-refractivity contribution in [1.82, 2.24) is 29.0 Å². The number of aromatic nitrogens is 5. The summed E-state index contributed by atoms with van der Waals surface area (Å²) in [5, 5.41) is 10.4. The van der Waals surface area contributed by atoms with Crippen LogP contribution in [0, 0.1) is 0 Å². The van der Waals surface area contributed by atoms with Crippen LogP contribution in [0.5, 0.6) is 0 Å². The quantitative estimate of drug-likeness (QED) is 0.334. The second-order valence-corrected chi connectivity index (χ2v) is 11.2. The number of anilines is 3. The summed E-state index contributed by atoms with van der Waals surface area (Å²) in [6.07, 6.45) is 6.83. The van der Waals surface area contributed by atoms with Gasteiger partial charge in [-0.25, -0.2) is 19.3 Å². The fourth-order valence-electron chi connectivity index (χ4n) is 4.98. The van der Waals surface area contributed by atoms with Crippen molar-refractivity contribution in [2.45, 2.75) is 32.2 Å². The highest BCUT2D eigenvalue weighted by molar-refractivity contribution is 7.97. The molecule has 8 nitrogen and oxygen atoms in total. The van der Waals surface area contributed by atoms with Gasteiger partial charge in [-0.05, 0) is 41.5 Å². The Morgan fingerprint density at radius 2 is 1.97 bits per heavy atom. The number of benzene rings is 1. The first kappa shape index (κ1) is 23.5. The van der Waals surface area contributed by atoms with Crippen molar-refractivity contribution in [2.24, 2.45) is 7.05 Å². The van der Waals surface area contributed by atoms with Crippen LogP contribution in [-0.4, -0.2) is 60.5 Å². The van der Waals surface area contributed by atoms with Gasteiger partial charge in [0, 0.05) is 62.1 Å². The molecule has 2 aliphatic heterocycles. The summed E-state index contributed by atoms with van der Waals surface area (Å²) in [4.78, 5) is 16.3. The predicted molar refractivity (Wildman–Crippen MR) is 148 cm³/mol. The Hall–Kier alpha value is -2.88. The number of pyridine rings is 1. The average Bonchev–Trinajstić information content (AvgIpc) is 3.47. The Labute approximate surface area is 220 Å². The molecule has 6 rings (SSSR count). The third-order valence-electron chi connectivity index (χ3n) is 6.86. The van der Waals surface area contributed by atoms with E-state index in [0.29, 0.717) is 34.3 Å². The SMILES string of the molecule is CC(C)c1ccc(N2CC(N3CCCS3)C2)c2cnc(Nc3ccnc(-c4cn(C)nc4Cl)n3)cc12. The lowest BCUT2D eigenvalue weighted by atomic mass is 9.94. The van der Waals surface area contributed by atoms with Crippen molar-refractivity contribution >= 4 is 51.6 Å². The second-order valence-electron chi connectivity index (χ2n) is 9.73. The van der Waals surface area contributed by atoms with Gasteiger partial charge in [0.1, 0.15) is 11.6 Å². The molecule has 2 aliphatic rings. The Morgan fingerprint density at radius 1 is 1.11 bits per heavy atom. The van der Waals surface area contributed by atoms with Crippen molar-refractivity contribution in [2.75, 3.05) is 35.6 Å². The molecule has 1 aromatic carbocycles. The molecule has 0 bridgehead atoms. The molecule has 36 heavy (non-hydrogen) atoms. The van der Waals surface area contributed by atoms with Gasteiger partial charge in [-0.1, -0.05) is 43.5 Å². The van der Waals surface area contributed by atoms with E-state index in [4.69, 9.17) is 16.6 Å². The van der Waals surface area contributed by atoms with Gasteiger partial charge in [-0.15, -0.1) is 0 Å². The molecule has 1 N–H and O–H groups in total. The highest BCUT2D eigenvalue weighted by Crippen LogP contribution is 2.38. The number of aryl methyl sites for hydroxylation is 1.